The number of likely N-dealkylation sites (N-methyl/N-ethyl adjacent to an activating group) is 1. The molecule has 2 saturated heterocycles. The van der Waals surface area contributed by atoms with E-state index in [1.807, 2.05) is 18.2 Å². The summed E-state index contributed by atoms with van der Waals surface area (Å²) >= 11 is 12.4. The normalized spacial score (nSPS) is 26.0. The van der Waals surface area contributed by atoms with E-state index in [-0.39, 0.29) is 17.5 Å². The Kier molecular flexibility index (Phi) is 4.72. The largest absolute Gasteiger partial charge is 0.343 e. The number of nitrogens with zero attached hydrogens (tertiary/aromatic N) is 1. The fourth-order valence-electron chi connectivity index (χ4n) is 4.76. The van der Waals surface area contributed by atoms with Crippen molar-refractivity contribution in [1.82, 2.24) is 10.2 Å². The molecule has 1 atom stereocenters. The van der Waals surface area contributed by atoms with Crippen LogP contribution in [0.15, 0.2) is 48.5 Å². The highest BCUT2D eigenvalue weighted by Gasteiger charge is 2.54. The third kappa shape index (κ3) is 2.83. The molecule has 2 fully saturated rings. The topological polar surface area (TPSA) is 32.3 Å². The van der Waals surface area contributed by atoms with Gasteiger partial charge in [0.1, 0.15) is 0 Å². The molecule has 4 rings (SSSR count). The summed E-state index contributed by atoms with van der Waals surface area (Å²) in [7, 11) is 2.19. The van der Waals surface area contributed by atoms with Crippen molar-refractivity contribution < 1.29 is 4.79 Å². The minimum atomic E-state index is -0.176. The highest BCUT2D eigenvalue weighted by Crippen LogP contribution is 2.51. The molecule has 136 valence electrons. The molecule has 1 N–H and O–H groups in total. The van der Waals surface area contributed by atoms with Gasteiger partial charge in [-0.2, -0.15) is 0 Å². The molecule has 0 aromatic heterocycles. The minimum Gasteiger partial charge on any atom is -0.343 e. The zero-order valence-electron chi connectivity index (χ0n) is 14.7. The molecule has 2 bridgehead atoms. The summed E-state index contributed by atoms with van der Waals surface area (Å²) in [5, 5.41) is 3.99. The Hall–Kier alpha value is -1.55. The van der Waals surface area contributed by atoms with E-state index in [1.165, 1.54) is 12.8 Å². The van der Waals surface area contributed by atoms with E-state index in [4.69, 9.17) is 23.2 Å². The number of hydrogen-bond donors (Lipinski definition) is 1. The van der Waals surface area contributed by atoms with E-state index in [1.54, 1.807) is 18.2 Å². The van der Waals surface area contributed by atoms with Crippen molar-refractivity contribution >= 4 is 29.1 Å². The number of rotatable bonds is 4. The standard InChI is InChI=1S/C21H22Cl2N2O/c1-25-15-10-12-21(25,13-11-15)19(14-6-3-2-4-7-14)24-20(26)16-8-5-9-17(22)18(16)23/h2-9,15,19H,10-13H2,1H3,(H,24,26). The first-order valence-electron chi connectivity index (χ1n) is 9.06. The summed E-state index contributed by atoms with van der Waals surface area (Å²) in [5.74, 6) is -0.176. The Labute approximate surface area is 164 Å². The molecular formula is C21H22Cl2N2O. The Morgan fingerprint density at radius 1 is 1.12 bits per heavy atom. The van der Waals surface area contributed by atoms with Crippen LogP contribution in [0.4, 0.5) is 0 Å². The van der Waals surface area contributed by atoms with Crippen molar-refractivity contribution in [3.63, 3.8) is 0 Å². The fourth-order valence-corrected chi connectivity index (χ4v) is 5.15. The van der Waals surface area contributed by atoms with Crippen LogP contribution in [0.25, 0.3) is 0 Å². The lowest BCUT2D eigenvalue weighted by Gasteiger charge is -2.41. The zero-order valence-corrected chi connectivity index (χ0v) is 16.2. The van der Waals surface area contributed by atoms with Crippen LogP contribution in [-0.4, -0.2) is 29.4 Å². The van der Waals surface area contributed by atoms with Gasteiger partial charge < -0.3 is 5.32 Å². The van der Waals surface area contributed by atoms with Gasteiger partial charge in [-0.3, -0.25) is 9.69 Å². The van der Waals surface area contributed by atoms with Gasteiger partial charge in [0.2, 0.25) is 0 Å². The minimum absolute atomic E-state index is 0.0350. The molecule has 1 amide bonds. The van der Waals surface area contributed by atoms with Crippen molar-refractivity contribution in [1.29, 1.82) is 0 Å². The zero-order chi connectivity index (χ0) is 18.3. The lowest BCUT2D eigenvalue weighted by Crippen LogP contribution is -2.51. The van der Waals surface area contributed by atoms with Crippen molar-refractivity contribution in [2.75, 3.05) is 7.05 Å². The van der Waals surface area contributed by atoms with Gasteiger partial charge in [0.15, 0.2) is 0 Å². The van der Waals surface area contributed by atoms with Crippen molar-refractivity contribution in [2.24, 2.45) is 0 Å². The van der Waals surface area contributed by atoms with Gasteiger partial charge >= 0.3 is 0 Å². The van der Waals surface area contributed by atoms with E-state index < -0.39 is 0 Å². The number of nitrogens with one attached hydrogen (secondary N) is 1. The number of carbonyl (C=O) groups excluding carboxylic acids is 1. The Morgan fingerprint density at radius 2 is 1.81 bits per heavy atom. The number of carbonyl (C=O) groups is 1. The summed E-state index contributed by atoms with van der Waals surface area (Å²) in [6.45, 7) is 0. The van der Waals surface area contributed by atoms with Crippen molar-refractivity contribution in [3.05, 3.63) is 69.7 Å². The SMILES string of the molecule is CN1C2CCC1(C(NC(=O)c1cccc(Cl)c1Cl)c1ccccc1)CC2. The molecule has 2 aromatic rings. The predicted octanol–water partition coefficient (Wildman–Crippen LogP) is 5.09. The second kappa shape index (κ2) is 6.88. The van der Waals surface area contributed by atoms with Crippen LogP contribution in [0.1, 0.15) is 47.6 Å². The maximum atomic E-state index is 13.1. The number of benzene rings is 2. The lowest BCUT2D eigenvalue weighted by atomic mass is 9.78. The van der Waals surface area contributed by atoms with E-state index in [2.05, 4.69) is 29.4 Å². The number of amides is 1. The Morgan fingerprint density at radius 3 is 2.42 bits per heavy atom. The average Bonchev–Trinajstić information content (AvgIpc) is 3.15. The van der Waals surface area contributed by atoms with E-state index in [0.29, 0.717) is 21.7 Å². The second-order valence-corrected chi connectivity index (χ2v) is 8.15. The number of fused-ring (bicyclic) bond motifs is 2. The van der Waals surface area contributed by atoms with Gasteiger partial charge in [0.05, 0.1) is 21.7 Å². The van der Waals surface area contributed by atoms with Crippen LogP contribution in [0.5, 0.6) is 0 Å². The number of halogens is 2. The van der Waals surface area contributed by atoms with Crippen LogP contribution >= 0.6 is 23.2 Å². The van der Waals surface area contributed by atoms with Crippen LogP contribution in [0, 0.1) is 0 Å². The third-order valence-corrected chi connectivity index (χ3v) is 7.03. The maximum absolute atomic E-state index is 13.1. The number of hydrogen-bond acceptors (Lipinski definition) is 2. The Balaban J connectivity index is 1.71. The van der Waals surface area contributed by atoms with Crippen LogP contribution in [0.2, 0.25) is 10.0 Å². The Bertz CT molecular complexity index is 816. The second-order valence-electron chi connectivity index (χ2n) is 7.36. The molecule has 0 saturated carbocycles. The molecule has 2 aliphatic heterocycles. The summed E-state index contributed by atoms with van der Waals surface area (Å²) in [5.41, 5.74) is 1.52. The molecule has 2 aliphatic rings. The van der Waals surface area contributed by atoms with E-state index >= 15 is 0 Å². The van der Waals surface area contributed by atoms with Gasteiger partial charge in [0.25, 0.3) is 5.91 Å². The molecule has 0 spiro atoms. The molecule has 1 unspecified atom stereocenters. The van der Waals surface area contributed by atoms with Gasteiger partial charge in [-0.25, -0.2) is 0 Å². The maximum Gasteiger partial charge on any atom is 0.253 e. The molecule has 3 nitrogen and oxygen atoms in total. The molecule has 26 heavy (non-hydrogen) atoms. The molecule has 2 heterocycles. The first-order valence-corrected chi connectivity index (χ1v) is 9.81. The lowest BCUT2D eigenvalue weighted by molar-refractivity contribution is 0.0838. The van der Waals surface area contributed by atoms with Crippen LogP contribution < -0.4 is 5.32 Å². The predicted molar refractivity (Wildman–Crippen MR) is 106 cm³/mol. The van der Waals surface area contributed by atoms with Crippen LogP contribution in [0.3, 0.4) is 0 Å². The fraction of sp³-hybridized carbons (Fsp3) is 0.381. The summed E-state index contributed by atoms with van der Waals surface area (Å²) < 4.78 is 0. The van der Waals surface area contributed by atoms with Crippen LogP contribution in [-0.2, 0) is 0 Å². The summed E-state index contributed by atoms with van der Waals surface area (Å²) in [4.78, 5) is 15.5. The molecule has 5 heteroatoms. The van der Waals surface area contributed by atoms with E-state index in [0.717, 1.165) is 18.4 Å². The highest BCUT2D eigenvalue weighted by atomic mass is 35.5. The monoisotopic (exact) mass is 388 g/mol. The molecular weight excluding hydrogens is 367 g/mol. The van der Waals surface area contributed by atoms with Crippen molar-refractivity contribution in [2.45, 2.75) is 43.3 Å². The average molecular weight is 389 g/mol. The van der Waals surface area contributed by atoms with Gasteiger partial charge in [-0.05, 0) is 50.4 Å². The van der Waals surface area contributed by atoms with Gasteiger partial charge in [-0.1, -0.05) is 59.6 Å². The summed E-state index contributed by atoms with van der Waals surface area (Å²) in [6.07, 6.45) is 4.57. The highest BCUT2D eigenvalue weighted by molar-refractivity contribution is 6.43. The van der Waals surface area contributed by atoms with Gasteiger partial charge in [0, 0.05) is 11.6 Å². The first kappa shape index (κ1) is 17.8. The van der Waals surface area contributed by atoms with Crippen molar-refractivity contribution in [3.8, 4) is 0 Å². The molecule has 0 aliphatic carbocycles. The molecule has 0 radical (unpaired) electrons. The summed E-state index contributed by atoms with van der Waals surface area (Å²) in [6, 6.07) is 16.0. The van der Waals surface area contributed by atoms with E-state index in [9.17, 15) is 4.79 Å². The quantitative estimate of drug-likeness (QED) is 0.790. The third-order valence-electron chi connectivity index (χ3n) is 6.21. The van der Waals surface area contributed by atoms with Gasteiger partial charge in [-0.15, -0.1) is 0 Å². The smallest absolute Gasteiger partial charge is 0.253 e. The first-order chi connectivity index (χ1) is 12.5. The molecule has 2 aromatic carbocycles.